The van der Waals surface area contributed by atoms with Crippen LogP contribution in [-0.4, -0.2) is 25.2 Å². The van der Waals surface area contributed by atoms with Crippen LogP contribution in [0.25, 0.3) is 0 Å². The maximum absolute atomic E-state index is 13.5. The van der Waals surface area contributed by atoms with Crippen LogP contribution in [0.15, 0.2) is 18.2 Å². The molecule has 1 fully saturated rings. The number of piperazine rings is 1. The van der Waals surface area contributed by atoms with E-state index in [1.54, 1.807) is 6.07 Å². The Labute approximate surface area is 96.5 Å². The first-order chi connectivity index (χ1) is 7.49. The van der Waals surface area contributed by atoms with E-state index in [-0.39, 0.29) is 11.4 Å². The molecule has 0 saturated carbocycles. The zero-order valence-corrected chi connectivity index (χ0v) is 10.2. The number of nitrogens with zero attached hydrogens (tertiary/aromatic N) is 1. The molecule has 16 heavy (non-hydrogen) atoms. The summed E-state index contributed by atoms with van der Waals surface area (Å²) >= 11 is 0. The molecule has 0 atom stereocenters. The standard InChI is InChI=1S/C13H19FN2/c1-10-11(14)5-4-6-12(10)16-8-7-15-13(2,3)9-16/h4-6,15H,7-9H2,1-3H3. The summed E-state index contributed by atoms with van der Waals surface area (Å²) in [6.45, 7) is 9.00. The van der Waals surface area contributed by atoms with Gasteiger partial charge in [-0.25, -0.2) is 4.39 Å². The molecule has 0 spiro atoms. The fourth-order valence-electron chi connectivity index (χ4n) is 2.29. The highest BCUT2D eigenvalue weighted by molar-refractivity contribution is 5.54. The SMILES string of the molecule is Cc1c(F)cccc1N1CCNC(C)(C)C1. The zero-order chi connectivity index (χ0) is 11.8. The normalized spacial score (nSPS) is 19.9. The van der Waals surface area contributed by atoms with Gasteiger partial charge in [-0.05, 0) is 32.9 Å². The third-order valence-corrected chi connectivity index (χ3v) is 3.15. The molecule has 1 heterocycles. The minimum atomic E-state index is -0.117. The minimum Gasteiger partial charge on any atom is -0.368 e. The van der Waals surface area contributed by atoms with Crippen LogP contribution in [-0.2, 0) is 0 Å². The Balaban J connectivity index is 2.27. The molecular weight excluding hydrogens is 203 g/mol. The smallest absolute Gasteiger partial charge is 0.128 e. The van der Waals surface area contributed by atoms with Gasteiger partial charge in [0.1, 0.15) is 5.82 Å². The van der Waals surface area contributed by atoms with Crippen LogP contribution in [0, 0.1) is 12.7 Å². The Bertz CT molecular complexity index is 388. The summed E-state index contributed by atoms with van der Waals surface area (Å²) < 4.78 is 13.5. The summed E-state index contributed by atoms with van der Waals surface area (Å²) in [6, 6.07) is 5.30. The van der Waals surface area contributed by atoms with Crippen LogP contribution >= 0.6 is 0 Å². The average molecular weight is 222 g/mol. The van der Waals surface area contributed by atoms with Crippen molar-refractivity contribution in [2.45, 2.75) is 26.3 Å². The van der Waals surface area contributed by atoms with E-state index >= 15 is 0 Å². The van der Waals surface area contributed by atoms with Crippen molar-refractivity contribution in [3.63, 3.8) is 0 Å². The van der Waals surface area contributed by atoms with E-state index in [1.807, 2.05) is 13.0 Å². The Hall–Kier alpha value is -1.09. The van der Waals surface area contributed by atoms with Crippen molar-refractivity contribution < 1.29 is 4.39 Å². The number of hydrogen-bond acceptors (Lipinski definition) is 2. The van der Waals surface area contributed by atoms with E-state index in [0.717, 1.165) is 30.9 Å². The third kappa shape index (κ3) is 2.19. The average Bonchev–Trinajstić information content (AvgIpc) is 2.20. The second-order valence-electron chi connectivity index (χ2n) is 5.12. The van der Waals surface area contributed by atoms with Crippen molar-refractivity contribution in [3.05, 3.63) is 29.6 Å². The number of hydrogen-bond donors (Lipinski definition) is 1. The number of rotatable bonds is 1. The molecule has 0 aliphatic carbocycles. The van der Waals surface area contributed by atoms with E-state index in [2.05, 4.69) is 24.1 Å². The number of benzene rings is 1. The minimum absolute atomic E-state index is 0.0943. The fourth-order valence-corrected chi connectivity index (χ4v) is 2.29. The molecule has 0 unspecified atom stereocenters. The third-order valence-electron chi connectivity index (χ3n) is 3.15. The predicted molar refractivity (Wildman–Crippen MR) is 65.4 cm³/mol. The zero-order valence-electron chi connectivity index (χ0n) is 10.2. The molecule has 1 aromatic carbocycles. The first-order valence-corrected chi connectivity index (χ1v) is 5.75. The number of halogens is 1. The molecule has 0 amide bonds. The summed E-state index contributed by atoms with van der Waals surface area (Å²) in [4.78, 5) is 2.26. The Kier molecular flexibility index (Phi) is 2.89. The van der Waals surface area contributed by atoms with Gasteiger partial charge in [-0.1, -0.05) is 6.07 Å². The van der Waals surface area contributed by atoms with Crippen molar-refractivity contribution >= 4 is 5.69 Å². The molecule has 2 rings (SSSR count). The first kappa shape index (κ1) is 11.4. The molecule has 0 bridgehead atoms. The van der Waals surface area contributed by atoms with Gasteiger partial charge in [0.25, 0.3) is 0 Å². The van der Waals surface area contributed by atoms with Crippen LogP contribution in [0.5, 0.6) is 0 Å². The Morgan fingerprint density at radius 3 is 2.81 bits per heavy atom. The van der Waals surface area contributed by atoms with Gasteiger partial charge in [0, 0.05) is 36.4 Å². The van der Waals surface area contributed by atoms with Gasteiger partial charge in [-0.3, -0.25) is 0 Å². The van der Waals surface area contributed by atoms with E-state index in [0.29, 0.717) is 0 Å². The maximum Gasteiger partial charge on any atom is 0.128 e. The Morgan fingerprint density at radius 1 is 1.38 bits per heavy atom. The second-order valence-corrected chi connectivity index (χ2v) is 5.12. The van der Waals surface area contributed by atoms with Crippen molar-refractivity contribution in [1.82, 2.24) is 5.32 Å². The maximum atomic E-state index is 13.5. The Morgan fingerprint density at radius 2 is 2.12 bits per heavy atom. The molecule has 1 aromatic rings. The van der Waals surface area contributed by atoms with Crippen molar-refractivity contribution in [2.24, 2.45) is 0 Å². The van der Waals surface area contributed by atoms with E-state index < -0.39 is 0 Å². The predicted octanol–water partition coefficient (Wildman–Crippen LogP) is 2.32. The summed E-state index contributed by atoms with van der Waals surface area (Å²) in [5.41, 5.74) is 1.87. The number of anilines is 1. The highest BCUT2D eigenvalue weighted by Crippen LogP contribution is 2.25. The molecule has 88 valence electrons. The van der Waals surface area contributed by atoms with Crippen LogP contribution in [0.4, 0.5) is 10.1 Å². The summed E-state index contributed by atoms with van der Waals surface area (Å²) in [7, 11) is 0. The van der Waals surface area contributed by atoms with Crippen LogP contribution < -0.4 is 10.2 Å². The van der Waals surface area contributed by atoms with Gasteiger partial charge in [0.15, 0.2) is 0 Å². The molecule has 1 aliphatic rings. The van der Waals surface area contributed by atoms with Gasteiger partial charge in [0.2, 0.25) is 0 Å². The van der Waals surface area contributed by atoms with E-state index in [4.69, 9.17) is 0 Å². The second kappa shape index (κ2) is 4.06. The lowest BCUT2D eigenvalue weighted by Crippen LogP contribution is -2.57. The van der Waals surface area contributed by atoms with Crippen LogP contribution in [0.3, 0.4) is 0 Å². The molecule has 2 nitrogen and oxygen atoms in total. The summed E-state index contributed by atoms with van der Waals surface area (Å²) in [6.07, 6.45) is 0. The van der Waals surface area contributed by atoms with Gasteiger partial charge in [-0.2, -0.15) is 0 Å². The molecular formula is C13H19FN2. The van der Waals surface area contributed by atoms with Gasteiger partial charge >= 0.3 is 0 Å². The van der Waals surface area contributed by atoms with Gasteiger partial charge < -0.3 is 10.2 Å². The van der Waals surface area contributed by atoms with Crippen molar-refractivity contribution in [2.75, 3.05) is 24.5 Å². The molecule has 1 aliphatic heterocycles. The van der Waals surface area contributed by atoms with Crippen molar-refractivity contribution in [3.8, 4) is 0 Å². The van der Waals surface area contributed by atoms with Gasteiger partial charge in [0.05, 0.1) is 0 Å². The lowest BCUT2D eigenvalue weighted by molar-refractivity contribution is 0.352. The summed E-state index contributed by atoms with van der Waals surface area (Å²) in [5, 5.41) is 3.46. The fraction of sp³-hybridized carbons (Fsp3) is 0.538. The first-order valence-electron chi connectivity index (χ1n) is 5.75. The van der Waals surface area contributed by atoms with E-state index in [9.17, 15) is 4.39 Å². The lowest BCUT2D eigenvalue weighted by atomic mass is 10.0. The molecule has 3 heteroatoms. The largest absolute Gasteiger partial charge is 0.368 e. The molecule has 0 aromatic heterocycles. The number of nitrogens with one attached hydrogen (secondary N) is 1. The van der Waals surface area contributed by atoms with Crippen LogP contribution in [0.2, 0.25) is 0 Å². The van der Waals surface area contributed by atoms with Gasteiger partial charge in [-0.15, -0.1) is 0 Å². The lowest BCUT2D eigenvalue weighted by Gasteiger charge is -2.41. The molecule has 0 radical (unpaired) electrons. The quantitative estimate of drug-likeness (QED) is 0.784. The van der Waals surface area contributed by atoms with Crippen LogP contribution in [0.1, 0.15) is 19.4 Å². The highest BCUT2D eigenvalue weighted by Gasteiger charge is 2.26. The monoisotopic (exact) mass is 222 g/mol. The van der Waals surface area contributed by atoms with Crippen molar-refractivity contribution in [1.29, 1.82) is 0 Å². The topological polar surface area (TPSA) is 15.3 Å². The highest BCUT2D eigenvalue weighted by atomic mass is 19.1. The van der Waals surface area contributed by atoms with E-state index in [1.165, 1.54) is 6.07 Å². The molecule has 1 N–H and O–H groups in total. The summed E-state index contributed by atoms with van der Waals surface area (Å²) in [5.74, 6) is -0.117. The molecule has 1 saturated heterocycles.